The number of hydrogen-bond acceptors (Lipinski definition) is 4. The maximum absolute atomic E-state index is 12.2. The Morgan fingerprint density at radius 1 is 1.26 bits per heavy atom. The van der Waals surface area contributed by atoms with Gasteiger partial charge in [-0.2, -0.15) is 5.10 Å². The van der Waals surface area contributed by atoms with E-state index in [1.807, 2.05) is 6.92 Å². The summed E-state index contributed by atoms with van der Waals surface area (Å²) in [6, 6.07) is 3.29. The Morgan fingerprint density at radius 3 is 2.52 bits per heavy atom. The van der Waals surface area contributed by atoms with Crippen LogP contribution < -0.4 is 14.8 Å². The van der Waals surface area contributed by atoms with Crippen LogP contribution in [-0.4, -0.2) is 28.9 Å². The molecule has 8 heteroatoms. The minimum absolute atomic E-state index is 0.0458. The molecule has 2 heterocycles. The standard InChI is InChI=1S/C15H15Cl2N3O3/c1-8-15(17)9(2)20(19-8)7-14(21)18-11-6-13-12(5-10(11)16)22-3-4-23-13/h5-6H,3-4,7H2,1-2H3,(H,18,21). The molecule has 1 amide bonds. The first-order valence-corrected chi connectivity index (χ1v) is 7.80. The number of aryl methyl sites for hydroxylation is 1. The van der Waals surface area contributed by atoms with Gasteiger partial charge in [-0.05, 0) is 13.8 Å². The number of amides is 1. The van der Waals surface area contributed by atoms with E-state index < -0.39 is 0 Å². The summed E-state index contributed by atoms with van der Waals surface area (Å²) < 4.78 is 12.5. The molecule has 3 rings (SSSR count). The molecular formula is C15H15Cl2N3O3. The van der Waals surface area contributed by atoms with Gasteiger partial charge in [0.1, 0.15) is 19.8 Å². The quantitative estimate of drug-likeness (QED) is 0.917. The number of fused-ring (bicyclic) bond motifs is 1. The molecular weight excluding hydrogens is 341 g/mol. The lowest BCUT2D eigenvalue weighted by Crippen LogP contribution is -2.21. The number of aromatic nitrogens is 2. The SMILES string of the molecule is Cc1nn(CC(=O)Nc2cc3c(cc2Cl)OCCO3)c(C)c1Cl. The van der Waals surface area contributed by atoms with Crippen LogP contribution in [0.15, 0.2) is 12.1 Å². The predicted molar refractivity (Wildman–Crippen MR) is 87.8 cm³/mol. The molecule has 0 radical (unpaired) electrons. The number of ether oxygens (including phenoxy) is 2. The normalized spacial score (nSPS) is 13.0. The number of anilines is 1. The number of carbonyl (C=O) groups excluding carboxylic acids is 1. The van der Waals surface area contributed by atoms with Crippen molar-refractivity contribution in [3.05, 3.63) is 33.6 Å². The zero-order valence-corrected chi connectivity index (χ0v) is 14.2. The topological polar surface area (TPSA) is 65.4 Å². The number of halogens is 2. The van der Waals surface area contributed by atoms with Gasteiger partial charge in [0.05, 0.1) is 27.1 Å². The van der Waals surface area contributed by atoms with Crippen molar-refractivity contribution in [1.82, 2.24) is 9.78 Å². The highest BCUT2D eigenvalue weighted by Gasteiger charge is 2.17. The van der Waals surface area contributed by atoms with Gasteiger partial charge in [0.25, 0.3) is 0 Å². The lowest BCUT2D eigenvalue weighted by Gasteiger charge is -2.20. The van der Waals surface area contributed by atoms with E-state index in [1.165, 1.54) is 0 Å². The molecule has 0 aliphatic carbocycles. The Bertz CT molecular complexity index is 774. The summed E-state index contributed by atoms with van der Waals surface area (Å²) in [5.74, 6) is 0.875. The van der Waals surface area contributed by atoms with Gasteiger partial charge in [-0.1, -0.05) is 23.2 Å². The molecule has 122 valence electrons. The summed E-state index contributed by atoms with van der Waals surface area (Å²) in [5.41, 5.74) is 1.90. The lowest BCUT2D eigenvalue weighted by atomic mass is 10.2. The molecule has 1 aliphatic rings. The molecule has 0 bridgehead atoms. The lowest BCUT2D eigenvalue weighted by molar-refractivity contribution is -0.116. The first kappa shape index (κ1) is 16.0. The monoisotopic (exact) mass is 355 g/mol. The Balaban J connectivity index is 1.76. The maximum Gasteiger partial charge on any atom is 0.246 e. The van der Waals surface area contributed by atoms with Crippen LogP contribution in [0.1, 0.15) is 11.4 Å². The predicted octanol–water partition coefficient (Wildman–Crippen LogP) is 3.22. The third kappa shape index (κ3) is 3.23. The van der Waals surface area contributed by atoms with Crippen LogP contribution in [0.4, 0.5) is 5.69 Å². The highest BCUT2D eigenvalue weighted by molar-refractivity contribution is 6.34. The van der Waals surface area contributed by atoms with Gasteiger partial charge in [-0.15, -0.1) is 0 Å². The first-order chi connectivity index (χ1) is 11.0. The van der Waals surface area contributed by atoms with Crippen LogP contribution in [0.2, 0.25) is 10.0 Å². The van der Waals surface area contributed by atoms with Crippen LogP contribution in [0.5, 0.6) is 11.5 Å². The average molecular weight is 356 g/mol. The summed E-state index contributed by atoms with van der Waals surface area (Å²) in [7, 11) is 0. The van der Waals surface area contributed by atoms with E-state index in [2.05, 4.69) is 10.4 Å². The third-order valence-corrected chi connectivity index (χ3v) is 4.35. The highest BCUT2D eigenvalue weighted by Crippen LogP contribution is 2.37. The van der Waals surface area contributed by atoms with Gasteiger partial charge in [0, 0.05) is 12.1 Å². The van der Waals surface area contributed by atoms with E-state index in [4.69, 9.17) is 32.7 Å². The first-order valence-electron chi connectivity index (χ1n) is 7.04. The molecule has 1 aromatic heterocycles. The Kier molecular flexibility index (Phi) is 4.37. The van der Waals surface area contributed by atoms with Gasteiger partial charge in [0.15, 0.2) is 11.5 Å². The molecule has 0 saturated heterocycles. The minimum atomic E-state index is -0.258. The maximum atomic E-state index is 12.2. The van der Waals surface area contributed by atoms with E-state index in [1.54, 1.807) is 23.7 Å². The number of carbonyl (C=O) groups is 1. The van der Waals surface area contributed by atoms with Crippen molar-refractivity contribution < 1.29 is 14.3 Å². The van der Waals surface area contributed by atoms with Gasteiger partial charge in [-0.3, -0.25) is 9.48 Å². The molecule has 1 aliphatic heterocycles. The zero-order valence-electron chi connectivity index (χ0n) is 12.7. The Hall–Kier alpha value is -1.92. The van der Waals surface area contributed by atoms with E-state index in [9.17, 15) is 4.79 Å². The van der Waals surface area contributed by atoms with Crippen molar-refractivity contribution in [3.8, 4) is 11.5 Å². The smallest absolute Gasteiger partial charge is 0.246 e. The second kappa shape index (κ2) is 6.29. The molecule has 0 atom stereocenters. The number of hydrogen-bond donors (Lipinski definition) is 1. The zero-order chi connectivity index (χ0) is 16.6. The summed E-state index contributed by atoms with van der Waals surface area (Å²) >= 11 is 12.3. The van der Waals surface area contributed by atoms with Gasteiger partial charge < -0.3 is 14.8 Å². The summed E-state index contributed by atoms with van der Waals surface area (Å²) in [4.78, 5) is 12.2. The number of benzene rings is 1. The van der Waals surface area contributed by atoms with Crippen LogP contribution >= 0.6 is 23.2 Å². The van der Waals surface area contributed by atoms with E-state index in [0.29, 0.717) is 46.1 Å². The van der Waals surface area contributed by atoms with Crippen molar-refractivity contribution in [2.75, 3.05) is 18.5 Å². The fraction of sp³-hybridized carbons (Fsp3) is 0.333. The number of rotatable bonds is 3. The van der Waals surface area contributed by atoms with E-state index in [-0.39, 0.29) is 12.5 Å². The second-order valence-electron chi connectivity index (χ2n) is 5.17. The van der Waals surface area contributed by atoms with Crippen molar-refractivity contribution >= 4 is 34.8 Å². The van der Waals surface area contributed by atoms with Gasteiger partial charge in [0.2, 0.25) is 5.91 Å². The van der Waals surface area contributed by atoms with Gasteiger partial charge >= 0.3 is 0 Å². The Morgan fingerprint density at radius 2 is 1.91 bits per heavy atom. The van der Waals surface area contributed by atoms with E-state index >= 15 is 0 Å². The van der Waals surface area contributed by atoms with Crippen LogP contribution in [0.3, 0.4) is 0 Å². The average Bonchev–Trinajstić information content (AvgIpc) is 2.75. The van der Waals surface area contributed by atoms with Crippen LogP contribution in [0.25, 0.3) is 0 Å². The fourth-order valence-corrected chi connectivity index (χ4v) is 2.65. The van der Waals surface area contributed by atoms with Crippen LogP contribution in [0, 0.1) is 13.8 Å². The van der Waals surface area contributed by atoms with Crippen LogP contribution in [-0.2, 0) is 11.3 Å². The summed E-state index contributed by atoms with van der Waals surface area (Å²) in [6.45, 7) is 4.60. The summed E-state index contributed by atoms with van der Waals surface area (Å²) in [6.07, 6.45) is 0. The van der Waals surface area contributed by atoms with Gasteiger partial charge in [-0.25, -0.2) is 0 Å². The largest absolute Gasteiger partial charge is 0.486 e. The van der Waals surface area contributed by atoms with E-state index in [0.717, 1.165) is 5.69 Å². The number of nitrogens with zero attached hydrogens (tertiary/aromatic N) is 2. The van der Waals surface area contributed by atoms with Crippen molar-refractivity contribution in [2.45, 2.75) is 20.4 Å². The molecule has 0 saturated carbocycles. The molecule has 23 heavy (non-hydrogen) atoms. The molecule has 0 unspecified atom stereocenters. The van der Waals surface area contributed by atoms with Crippen molar-refractivity contribution in [2.24, 2.45) is 0 Å². The molecule has 0 spiro atoms. The molecule has 6 nitrogen and oxygen atoms in total. The second-order valence-corrected chi connectivity index (χ2v) is 5.95. The number of nitrogens with one attached hydrogen (secondary N) is 1. The van der Waals surface area contributed by atoms with Crippen molar-refractivity contribution in [1.29, 1.82) is 0 Å². The highest BCUT2D eigenvalue weighted by atomic mass is 35.5. The van der Waals surface area contributed by atoms with Crippen molar-refractivity contribution in [3.63, 3.8) is 0 Å². The minimum Gasteiger partial charge on any atom is -0.486 e. The molecule has 0 fully saturated rings. The third-order valence-electron chi connectivity index (χ3n) is 3.49. The molecule has 1 N–H and O–H groups in total. The Labute approximate surface area is 143 Å². The molecule has 2 aromatic rings. The fourth-order valence-electron chi connectivity index (χ4n) is 2.31. The summed E-state index contributed by atoms with van der Waals surface area (Å²) in [5, 5.41) is 7.93. The molecule has 1 aromatic carbocycles.